The molecule has 0 heterocycles. The lowest BCUT2D eigenvalue weighted by Crippen LogP contribution is -2.48. The molecule has 1 fully saturated rings. The third kappa shape index (κ3) is 3.02. The van der Waals surface area contributed by atoms with Crippen LogP contribution < -0.4 is 0 Å². The van der Waals surface area contributed by atoms with E-state index in [9.17, 15) is 5.11 Å². The molecular formula is C11H18O2. The fourth-order valence-corrected chi connectivity index (χ4v) is 1.77. The van der Waals surface area contributed by atoms with E-state index >= 15 is 0 Å². The van der Waals surface area contributed by atoms with Crippen LogP contribution in [-0.4, -0.2) is 23.4 Å². The molecule has 0 aliphatic heterocycles. The van der Waals surface area contributed by atoms with Crippen LogP contribution in [0.2, 0.25) is 0 Å². The topological polar surface area (TPSA) is 29.5 Å². The van der Waals surface area contributed by atoms with Gasteiger partial charge in [0.1, 0.15) is 0 Å². The summed E-state index contributed by atoms with van der Waals surface area (Å²) in [6, 6.07) is 0. The zero-order chi connectivity index (χ0) is 9.73. The molecule has 0 aromatic rings. The number of rotatable bonds is 4. The van der Waals surface area contributed by atoms with Crippen molar-refractivity contribution in [1.82, 2.24) is 0 Å². The zero-order valence-corrected chi connectivity index (χ0v) is 8.47. The highest BCUT2D eigenvalue weighted by Crippen LogP contribution is 2.37. The van der Waals surface area contributed by atoms with E-state index in [1.807, 2.05) is 13.8 Å². The SMILES string of the molecule is CC#CCCC1(O)CC(OCC)C1. The molecule has 0 amide bonds. The maximum Gasteiger partial charge on any atom is 0.0706 e. The molecule has 74 valence electrons. The van der Waals surface area contributed by atoms with Crippen LogP contribution in [0, 0.1) is 11.8 Å². The monoisotopic (exact) mass is 182 g/mol. The summed E-state index contributed by atoms with van der Waals surface area (Å²) >= 11 is 0. The summed E-state index contributed by atoms with van der Waals surface area (Å²) in [7, 11) is 0. The van der Waals surface area contributed by atoms with E-state index in [1.165, 1.54) is 0 Å². The first-order valence-corrected chi connectivity index (χ1v) is 4.94. The van der Waals surface area contributed by atoms with E-state index in [1.54, 1.807) is 0 Å². The minimum absolute atomic E-state index is 0.282. The van der Waals surface area contributed by atoms with Crippen LogP contribution in [0.5, 0.6) is 0 Å². The average Bonchev–Trinajstić information content (AvgIpc) is 2.03. The standard InChI is InChI=1S/C11H18O2/c1-3-5-6-7-11(12)8-10(9-11)13-4-2/h10,12H,4,6-9H2,1-2H3. The van der Waals surface area contributed by atoms with Gasteiger partial charge >= 0.3 is 0 Å². The third-order valence-electron chi connectivity index (χ3n) is 2.51. The van der Waals surface area contributed by atoms with Gasteiger partial charge in [-0.2, -0.15) is 0 Å². The van der Waals surface area contributed by atoms with Crippen LogP contribution in [0.25, 0.3) is 0 Å². The summed E-state index contributed by atoms with van der Waals surface area (Å²) in [4.78, 5) is 0. The van der Waals surface area contributed by atoms with Gasteiger partial charge in [-0.1, -0.05) is 0 Å². The van der Waals surface area contributed by atoms with Gasteiger partial charge in [0.15, 0.2) is 0 Å². The Morgan fingerprint density at radius 3 is 2.77 bits per heavy atom. The number of ether oxygens (including phenoxy) is 1. The van der Waals surface area contributed by atoms with Gasteiger partial charge in [0.05, 0.1) is 11.7 Å². The number of aliphatic hydroxyl groups is 1. The quantitative estimate of drug-likeness (QED) is 0.671. The maximum atomic E-state index is 9.89. The minimum Gasteiger partial charge on any atom is -0.390 e. The molecule has 0 saturated heterocycles. The van der Waals surface area contributed by atoms with Gasteiger partial charge in [-0.05, 0) is 20.3 Å². The Kier molecular flexibility index (Phi) is 3.77. The van der Waals surface area contributed by atoms with Gasteiger partial charge in [0.25, 0.3) is 0 Å². The van der Waals surface area contributed by atoms with Crippen molar-refractivity contribution in [2.45, 2.75) is 51.2 Å². The van der Waals surface area contributed by atoms with Crippen LogP contribution in [0.4, 0.5) is 0 Å². The Hall–Kier alpha value is -0.520. The molecule has 1 saturated carbocycles. The first-order valence-electron chi connectivity index (χ1n) is 4.94. The molecule has 13 heavy (non-hydrogen) atoms. The first kappa shape index (κ1) is 10.6. The molecule has 0 bridgehead atoms. The molecule has 0 atom stereocenters. The van der Waals surface area contributed by atoms with Crippen LogP contribution in [0.15, 0.2) is 0 Å². The fourth-order valence-electron chi connectivity index (χ4n) is 1.77. The normalized spacial score (nSPS) is 31.8. The Labute approximate surface area is 80.3 Å². The van der Waals surface area contributed by atoms with Gasteiger partial charge < -0.3 is 9.84 Å². The van der Waals surface area contributed by atoms with Crippen molar-refractivity contribution < 1.29 is 9.84 Å². The van der Waals surface area contributed by atoms with Crippen LogP contribution in [0.1, 0.15) is 39.5 Å². The number of hydrogen-bond donors (Lipinski definition) is 1. The Morgan fingerprint density at radius 2 is 2.23 bits per heavy atom. The zero-order valence-electron chi connectivity index (χ0n) is 8.47. The highest BCUT2D eigenvalue weighted by molar-refractivity contribution is 5.01. The highest BCUT2D eigenvalue weighted by atomic mass is 16.5. The van der Waals surface area contributed by atoms with Crippen LogP contribution in [-0.2, 0) is 4.74 Å². The largest absolute Gasteiger partial charge is 0.390 e. The van der Waals surface area contributed by atoms with Gasteiger partial charge in [-0.3, -0.25) is 0 Å². The van der Waals surface area contributed by atoms with Crippen molar-refractivity contribution in [3.8, 4) is 11.8 Å². The van der Waals surface area contributed by atoms with Gasteiger partial charge in [0, 0.05) is 25.9 Å². The molecule has 2 nitrogen and oxygen atoms in total. The molecule has 1 aliphatic carbocycles. The molecular weight excluding hydrogens is 164 g/mol. The molecule has 0 aromatic heterocycles. The predicted molar refractivity (Wildman–Crippen MR) is 52.3 cm³/mol. The van der Waals surface area contributed by atoms with Crippen LogP contribution in [0.3, 0.4) is 0 Å². The van der Waals surface area contributed by atoms with Crippen molar-refractivity contribution >= 4 is 0 Å². The van der Waals surface area contributed by atoms with E-state index in [0.717, 1.165) is 32.3 Å². The minimum atomic E-state index is -0.482. The lowest BCUT2D eigenvalue weighted by Gasteiger charge is -2.43. The van der Waals surface area contributed by atoms with Gasteiger partial charge in [0.2, 0.25) is 0 Å². The van der Waals surface area contributed by atoms with Gasteiger partial charge in [-0.15, -0.1) is 11.8 Å². The first-order chi connectivity index (χ1) is 6.20. The third-order valence-corrected chi connectivity index (χ3v) is 2.51. The van der Waals surface area contributed by atoms with E-state index in [0.29, 0.717) is 0 Å². The van der Waals surface area contributed by atoms with Crippen molar-refractivity contribution in [2.75, 3.05) is 6.61 Å². The Balaban J connectivity index is 2.16. The smallest absolute Gasteiger partial charge is 0.0706 e. The summed E-state index contributed by atoms with van der Waals surface area (Å²) in [6.07, 6.45) is 3.44. The fraction of sp³-hybridized carbons (Fsp3) is 0.818. The Bertz CT molecular complexity index is 206. The molecule has 1 aliphatic rings. The van der Waals surface area contributed by atoms with E-state index in [-0.39, 0.29) is 6.10 Å². The second kappa shape index (κ2) is 4.64. The molecule has 1 N–H and O–H groups in total. The lowest BCUT2D eigenvalue weighted by atomic mass is 9.74. The second-order valence-corrected chi connectivity index (χ2v) is 3.64. The predicted octanol–water partition coefficient (Wildman–Crippen LogP) is 1.72. The van der Waals surface area contributed by atoms with Crippen molar-refractivity contribution in [3.05, 3.63) is 0 Å². The van der Waals surface area contributed by atoms with E-state index in [4.69, 9.17) is 4.74 Å². The summed E-state index contributed by atoms with van der Waals surface area (Å²) in [5.74, 6) is 5.80. The molecule has 0 unspecified atom stereocenters. The summed E-state index contributed by atoms with van der Waals surface area (Å²) in [6.45, 7) is 4.56. The lowest BCUT2D eigenvalue weighted by molar-refractivity contribution is -0.139. The molecule has 0 aromatic carbocycles. The van der Waals surface area contributed by atoms with Gasteiger partial charge in [-0.25, -0.2) is 0 Å². The molecule has 1 rings (SSSR count). The average molecular weight is 182 g/mol. The molecule has 2 heteroatoms. The highest BCUT2D eigenvalue weighted by Gasteiger charge is 2.42. The van der Waals surface area contributed by atoms with E-state index in [2.05, 4.69) is 11.8 Å². The number of hydrogen-bond acceptors (Lipinski definition) is 2. The Morgan fingerprint density at radius 1 is 1.54 bits per heavy atom. The summed E-state index contributed by atoms with van der Waals surface area (Å²) < 4.78 is 5.38. The maximum absolute atomic E-state index is 9.89. The van der Waals surface area contributed by atoms with Crippen molar-refractivity contribution in [2.24, 2.45) is 0 Å². The van der Waals surface area contributed by atoms with Crippen molar-refractivity contribution in [3.63, 3.8) is 0 Å². The second-order valence-electron chi connectivity index (χ2n) is 3.64. The van der Waals surface area contributed by atoms with Crippen LogP contribution >= 0.6 is 0 Å². The van der Waals surface area contributed by atoms with Crippen molar-refractivity contribution in [1.29, 1.82) is 0 Å². The summed E-state index contributed by atoms with van der Waals surface area (Å²) in [5, 5.41) is 9.89. The summed E-state index contributed by atoms with van der Waals surface area (Å²) in [5.41, 5.74) is -0.482. The van der Waals surface area contributed by atoms with E-state index < -0.39 is 5.60 Å². The molecule has 0 radical (unpaired) electrons. The molecule has 0 spiro atoms.